The summed E-state index contributed by atoms with van der Waals surface area (Å²) >= 11 is 6.24. The van der Waals surface area contributed by atoms with Crippen LogP contribution >= 0.6 is 11.6 Å². The van der Waals surface area contributed by atoms with Gasteiger partial charge in [0.2, 0.25) is 0 Å². The average Bonchev–Trinajstić information content (AvgIpc) is 2.64. The van der Waals surface area contributed by atoms with E-state index in [0.29, 0.717) is 5.56 Å². The second-order valence-corrected chi connectivity index (χ2v) is 6.75. The van der Waals surface area contributed by atoms with Crippen molar-refractivity contribution >= 4 is 17.5 Å². The van der Waals surface area contributed by atoms with E-state index < -0.39 is 0 Å². The maximum Gasteiger partial charge on any atom is 0.254 e. The molecule has 0 spiro atoms. The zero-order valence-electron chi connectivity index (χ0n) is 14.7. The van der Waals surface area contributed by atoms with E-state index in [2.05, 4.69) is 11.0 Å². The molecule has 1 fully saturated rings. The monoisotopic (exact) mass is 358 g/mol. The third-order valence-electron chi connectivity index (χ3n) is 4.67. The van der Waals surface area contributed by atoms with Crippen molar-refractivity contribution in [3.63, 3.8) is 0 Å². The van der Waals surface area contributed by atoms with Gasteiger partial charge in [0.15, 0.2) is 0 Å². The zero-order chi connectivity index (χ0) is 17.8. The first kappa shape index (κ1) is 17.8. The van der Waals surface area contributed by atoms with Crippen LogP contribution in [0.15, 0.2) is 42.5 Å². The molecule has 1 amide bonds. The number of benzene rings is 2. The number of nitrogens with zero attached hydrogens (tertiary/aromatic N) is 2. The van der Waals surface area contributed by atoms with Crippen molar-refractivity contribution in [3.05, 3.63) is 64.2 Å². The SMILES string of the molecule is COc1cc(C(=O)N2CCN(Cc3ccccc3Cl)CC2)ccc1C. The van der Waals surface area contributed by atoms with Gasteiger partial charge in [0.05, 0.1) is 7.11 Å². The van der Waals surface area contributed by atoms with Gasteiger partial charge in [0, 0.05) is 43.3 Å². The van der Waals surface area contributed by atoms with E-state index in [0.717, 1.165) is 54.6 Å². The lowest BCUT2D eigenvalue weighted by Crippen LogP contribution is -2.48. The number of carbonyl (C=O) groups is 1. The lowest BCUT2D eigenvalue weighted by atomic mass is 10.1. The molecule has 1 aliphatic rings. The first-order valence-corrected chi connectivity index (χ1v) is 8.86. The predicted octanol–water partition coefficient (Wildman–Crippen LogP) is 3.62. The topological polar surface area (TPSA) is 32.8 Å². The highest BCUT2D eigenvalue weighted by Gasteiger charge is 2.23. The van der Waals surface area contributed by atoms with Crippen LogP contribution in [-0.4, -0.2) is 49.0 Å². The van der Waals surface area contributed by atoms with Crippen LogP contribution in [-0.2, 0) is 6.54 Å². The molecule has 25 heavy (non-hydrogen) atoms. The Morgan fingerprint density at radius 3 is 2.52 bits per heavy atom. The quantitative estimate of drug-likeness (QED) is 0.837. The van der Waals surface area contributed by atoms with Gasteiger partial charge in [-0.25, -0.2) is 0 Å². The van der Waals surface area contributed by atoms with Gasteiger partial charge in [-0.05, 0) is 36.2 Å². The average molecular weight is 359 g/mol. The molecule has 0 aliphatic carbocycles. The fourth-order valence-corrected chi connectivity index (χ4v) is 3.31. The van der Waals surface area contributed by atoms with E-state index in [1.165, 1.54) is 0 Å². The molecular formula is C20H23ClN2O2. The summed E-state index contributed by atoms with van der Waals surface area (Å²) in [6.45, 7) is 5.93. The van der Waals surface area contributed by atoms with Gasteiger partial charge in [-0.3, -0.25) is 9.69 Å². The molecule has 132 valence electrons. The Kier molecular flexibility index (Phi) is 5.61. The molecule has 0 N–H and O–H groups in total. The smallest absolute Gasteiger partial charge is 0.254 e. The fourth-order valence-electron chi connectivity index (χ4n) is 3.11. The van der Waals surface area contributed by atoms with E-state index >= 15 is 0 Å². The number of ether oxygens (including phenoxy) is 1. The van der Waals surface area contributed by atoms with Crippen molar-refractivity contribution in [2.24, 2.45) is 0 Å². The highest BCUT2D eigenvalue weighted by Crippen LogP contribution is 2.21. The molecule has 2 aromatic carbocycles. The minimum Gasteiger partial charge on any atom is -0.496 e. The summed E-state index contributed by atoms with van der Waals surface area (Å²) in [5.74, 6) is 0.818. The van der Waals surface area contributed by atoms with Gasteiger partial charge in [0.25, 0.3) is 5.91 Å². The lowest BCUT2D eigenvalue weighted by molar-refractivity contribution is 0.0628. The van der Waals surface area contributed by atoms with E-state index in [4.69, 9.17) is 16.3 Å². The Hall–Kier alpha value is -2.04. The summed E-state index contributed by atoms with van der Waals surface area (Å²) < 4.78 is 5.33. The Labute approximate surface area is 154 Å². The van der Waals surface area contributed by atoms with Crippen molar-refractivity contribution < 1.29 is 9.53 Å². The lowest BCUT2D eigenvalue weighted by Gasteiger charge is -2.35. The Bertz CT molecular complexity index is 755. The molecule has 5 heteroatoms. The molecule has 0 bridgehead atoms. The molecule has 1 aliphatic heterocycles. The van der Waals surface area contributed by atoms with Crippen molar-refractivity contribution in [2.45, 2.75) is 13.5 Å². The van der Waals surface area contributed by atoms with Crippen LogP contribution < -0.4 is 4.74 Å². The van der Waals surface area contributed by atoms with Crippen molar-refractivity contribution in [2.75, 3.05) is 33.3 Å². The standard InChI is InChI=1S/C20H23ClN2O2/c1-15-7-8-16(13-19(15)25-2)20(24)23-11-9-22(10-12-23)14-17-5-3-4-6-18(17)21/h3-8,13H,9-12,14H2,1-2H3. The van der Waals surface area contributed by atoms with Gasteiger partial charge >= 0.3 is 0 Å². The second kappa shape index (κ2) is 7.89. The normalized spacial score (nSPS) is 15.2. The molecule has 1 saturated heterocycles. The highest BCUT2D eigenvalue weighted by molar-refractivity contribution is 6.31. The number of rotatable bonds is 4. The number of hydrogen-bond donors (Lipinski definition) is 0. The molecule has 0 atom stereocenters. The molecule has 0 radical (unpaired) electrons. The van der Waals surface area contributed by atoms with Crippen LogP contribution in [0, 0.1) is 6.92 Å². The second-order valence-electron chi connectivity index (χ2n) is 6.34. The third kappa shape index (κ3) is 4.14. The number of amides is 1. The van der Waals surface area contributed by atoms with Gasteiger partial charge < -0.3 is 9.64 Å². The first-order valence-electron chi connectivity index (χ1n) is 8.48. The summed E-state index contributed by atoms with van der Waals surface area (Å²) in [4.78, 5) is 17.0. The van der Waals surface area contributed by atoms with Crippen LogP contribution in [0.1, 0.15) is 21.5 Å². The van der Waals surface area contributed by atoms with Crippen LogP contribution in [0.2, 0.25) is 5.02 Å². The van der Waals surface area contributed by atoms with E-state index in [-0.39, 0.29) is 5.91 Å². The molecule has 2 aromatic rings. The molecule has 1 heterocycles. The summed E-state index contributed by atoms with van der Waals surface area (Å²) in [5, 5.41) is 0.799. The van der Waals surface area contributed by atoms with E-state index in [1.807, 2.05) is 48.2 Å². The van der Waals surface area contributed by atoms with Gasteiger partial charge in [0.1, 0.15) is 5.75 Å². The number of methoxy groups -OCH3 is 1. The summed E-state index contributed by atoms with van der Waals surface area (Å²) in [6, 6.07) is 13.5. The number of aryl methyl sites for hydroxylation is 1. The molecule has 0 aromatic heterocycles. The van der Waals surface area contributed by atoms with Gasteiger partial charge in [-0.15, -0.1) is 0 Å². The Morgan fingerprint density at radius 2 is 1.84 bits per heavy atom. The van der Waals surface area contributed by atoms with Gasteiger partial charge in [-0.1, -0.05) is 35.9 Å². The van der Waals surface area contributed by atoms with Gasteiger partial charge in [-0.2, -0.15) is 0 Å². The number of hydrogen-bond acceptors (Lipinski definition) is 3. The zero-order valence-corrected chi connectivity index (χ0v) is 15.4. The predicted molar refractivity (Wildman–Crippen MR) is 100 cm³/mol. The molecular weight excluding hydrogens is 336 g/mol. The van der Waals surface area contributed by atoms with Crippen molar-refractivity contribution in [1.82, 2.24) is 9.80 Å². The fraction of sp³-hybridized carbons (Fsp3) is 0.350. The van der Waals surface area contributed by atoms with Crippen LogP contribution in [0.3, 0.4) is 0 Å². The molecule has 0 saturated carbocycles. The number of halogens is 1. The maximum absolute atomic E-state index is 12.7. The largest absolute Gasteiger partial charge is 0.496 e. The minimum absolute atomic E-state index is 0.0655. The number of carbonyl (C=O) groups excluding carboxylic acids is 1. The molecule has 4 nitrogen and oxygen atoms in total. The summed E-state index contributed by atoms with van der Waals surface area (Å²) in [7, 11) is 1.63. The summed E-state index contributed by atoms with van der Waals surface area (Å²) in [6.07, 6.45) is 0. The third-order valence-corrected chi connectivity index (χ3v) is 5.04. The molecule has 3 rings (SSSR count). The van der Waals surface area contributed by atoms with E-state index in [9.17, 15) is 4.79 Å². The van der Waals surface area contributed by atoms with Crippen LogP contribution in [0.4, 0.5) is 0 Å². The Morgan fingerprint density at radius 1 is 1.12 bits per heavy atom. The minimum atomic E-state index is 0.0655. The number of piperazine rings is 1. The van der Waals surface area contributed by atoms with Crippen molar-refractivity contribution in [3.8, 4) is 5.75 Å². The van der Waals surface area contributed by atoms with E-state index in [1.54, 1.807) is 7.11 Å². The summed E-state index contributed by atoms with van der Waals surface area (Å²) in [5.41, 5.74) is 2.85. The highest BCUT2D eigenvalue weighted by atomic mass is 35.5. The van der Waals surface area contributed by atoms with Crippen LogP contribution in [0.25, 0.3) is 0 Å². The molecule has 0 unspecified atom stereocenters. The Balaban J connectivity index is 1.60. The maximum atomic E-state index is 12.7. The van der Waals surface area contributed by atoms with Crippen LogP contribution in [0.5, 0.6) is 5.75 Å². The first-order chi connectivity index (χ1) is 12.1. The van der Waals surface area contributed by atoms with Crippen molar-refractivity contribution in [1.29, 1.82) is 0 Å².